The zero-order chi connectivity index (χ0) is 23.2. The van der Waals surface area contributed by atoms with E-state index in [2.05, 4.69) is 32.2 Å². The summed E-state index contributed by atoms with van der Waals surface area (Å²) in [5.41, 5.74) is 1.53. The molecular weight excluding hydrogens is 422 g/mol. The number of carbonyl (C=O) groups excluding carboxylic acids is 1. The number of hydrogen-bond donors (Lipinski definition) is 1. The van der Waals surface area contributed by atoms with Crippen LogP contribution in [0.1, 0.15) is 13.3 Å². The van der Waals surface area contributed by atoms with Gasteiger partial charge in [0.1, 0.15) is 24.1 Å². The van der Waals surface area contributed by atoms with Crippen molar-refractivity contribution < 1.29 is 9.53 Å². The normalized spacial score (nSPS) is 15.1. The number of amides is 1. The molecule has 0 radical (unpaired) electrons. The third-order valence-corrected chi connectivity index (χ3v) is 6.05. The highest BCUT2D eigenvalue weighted by Gasteiger charge is 2.15. The molecule has 2 aromatic heterocycles. The molecule has 0 spiro atoms. The Hall–Kier alpha value is -3.24. The first-order valence-corrected chi connectivity index (χ1v) is 11.4. The number of likely N-dealkylation sites (N-methyl/N-ethyl adjacent to an activating group) is 1. The number of nitrogens with zero attached hydrogens (tertiary/aromatic N) is 6. The second-order valence-electron chi connectivity index (χ2n) is 8.16. The van der Waals surface area contributed by atoms with Crippen molar-refractivity contribution in [2.75, 3.05) is 52.9 Å². The van der Waals surface area contributed by atoms with E-state index in [9.17, 15) is 9.59 Å². The summed E-state index contributed by atoms with van der Waals surface area (Å²) in [5.74, 6) is 0.524. The van der Waals surface area contributed by atoms with E-state index < -0.39 is 0 Å². The molecule has 0 saturated carbocycles. The first-order valence-electron chi connectivity index (χ1n) is 11.4. The molecule has 10 nitrogen and oxygen atoms in total. The Kier molecular flexibility index (Phi) is 7.36. The van der Waals surface area contributed by atoms with Crippen molar-refractivity contribution in [2.24, 2.45) is 0 Å². The van der Waals surface area contributed by atoms with E-state index in [0.29, 0.717) is 17.8 Å². The average Bonchev–Trinajstić information content (AvgIpc) is 3.29. The van der Waals surface area contributed by atoms with Crippen LogP contribution in [0.15, 0.2) is 41.5 Å². The highest BCUT2D eigenvalue weighted by molar-refractivity contribution is 5.75. The molecule has 0 atom stereocenters. The Morgan fingerprint density at radius 1 is 1.12 bits per heavy atom. The van der Waals surface area contributed by atoms with Crippen LogP contribution in [0, 0.1) is 0 Å². The van der Waals surface area contributed by atoms with Crippen LogP contribution in [0.2, 0.25) is 0 Å². The number of aromatic nitrogens is 4. The summed E-state index contributed by atoms with van der Waals surface area (Å²) in [6.45, 7) is 9.08. The fourth-order valence-electron chi connectivity index (χ4n) is 4.01. The summed E-state index contributed by atoms with van der Waals surface area (Å²) in [7, 11) is 1.61. The zero-order valence-electron chi connectivity index (χ0n) is 19.2. The van der Waals surface area contributed by atoms with Gasteiger partial charge in [-0.05, 0) is 49.8 Å². The number of fused-ring (bicyclic) bond motifs is 1. The van der Waals surface area contributed by atoms with E-state index in [-0.39, 0.29) is 18.0 Å². The lowest BCUT2D eigenvalue weighted by molar-refractivity contribution is -0.121. The maximum absolute atomic E-state index is 12.8. The van der Waals surface area contributed by atoms with E-state index in [4.69, 9.17) is 4.74 Å². The molecule has 1 aliphatic rings. The highest BCUT2D eigenvalue weighted by Crippen LogP contribution is 2.21. The average molecular weight is 454 g/mol. The largest absolute Gasteiger partial charge is 0.497 e. The van der Waals surface area contributed by atoms with Crippen molar-refractivity contribution in [3.8, 4) is 17.0 Å². The van der Waals surface area contributed by atoms with Gasteiger partial charge in [0, 0.05) is 38.3 Å². The maximum Gasteiger partial charge on any atom is 0.293 e. The van der Waals surface area contributed by atoms with Crippen molar-refractivity contribution in [1.29, 1.82) is 0 Å². The summed E-state index contributed by atoms with van der Waals surface area (Å²) >= 11 is 0. The van der Waals surface area contributed by atoms with Gasteiger partial charge in [-0.25, -0.2) is 9.20 Å². The topological polar surface area (TPSA) is 97.0 Å². The Labute approximate surface area is 192 Å². The van der Waals surface area contributed by atoms with Crippen LogP contribution >= 0.6 is 0 Å². The Bertz CT molecular complexity index is 1130. The molecule has 1 saturated heterocycles. The van der Waals surface area contributed by atoms with Crippen molar-refractivity contribution in [3.63, 3.8) is 0 Å². The van der Waals surface area contributed by atoms with E-state index in [1.807, 2.05) is 24.3 Å². The standard InChI is InChI=1S/C23H31N7O3/c1-3-27-11-13-28(14-12-27)10-4-9-24-22(31)16-29-23(32)21-15-20(26-30(21)17-25-29)18-5-7-19(33-2)8-6-18/h5-8,15,17H,3-4,9-14,16H2,1-2H3,(H,24,31). The second kappa shape index (κ2) is 10.6. The van der Waals surface area contributed by atoms with Crippen LogP contribution in [0.4, 0.5) is 0 Å². The molecule has 1 aromatic carbocycles. The number of hydrogen-bond acceptors (Lipinski definition) is 7. The Balaban J connectivity index is 1.31. The first-order chi connectivity index (χ1) is 16.1. The lowest BCUT2D eigenvalue weighted by Gasteiger charge is -2.33. The Morgan fingerprint density at radius 3 is 2.55 bits per heavy atom. The van der Waals surface area contributed by atoms with E-state index in [1.165, 1.54) is 15.5 Å². The molecule has 3 aromatic rings. The fourth-order valence-corrected chi connectivity index (χ4v) is 4.01. The van der Waals surface area contributed by atoms with Crippen LogP contribution in [0.3, 0.4) is 0 Å². The van der Waals surface area contributed by atoms with E-state index >= 15 is 0 Å². The smallest absolute Gasteiger partial charge is 0.293 e. The SMILES string of the molecule is CCN1CCN(CCCNC(=O)Cn2ncn3nc(-c4ccc(OC)cc4)cc3c2=O)CC1. The van der Waals surface area contributed by atoms with Crippen LogP contribution in [-0.4, -0.2) is 88.0 Å². The quantitative estimate of drug-likeness (QED) is 0.477. The number of benzene rings is 1. The van der Waals surface area contributed by atoms with Crippen molar-refractivity contribution in [3.05, 3.63) is 47.0 Å². The molecule has 4 rings (SSSR count). The molecule has 0 unspecified atom stereocenters. The molecule has 1 N–H and O–H groups in total. The van der Waals surface area contributed by atoms with Gasteiger partial charge in [0.2, 0.25) is 5.91 Å². The number of ether oxygens (including phenoxy) is 1. The molecule has 176 valence electrons. The van der Waals surface area contributed by atoms with Gasteiger partial charge in [-0.1, -0.05) is 6.92 Å². The lowest BCUT2D eigenvalue weighted by atomic mass is 10.1. The summed E-state index contributed by atoms with van der Waals surface area (Å²) in [4.78, 5) is 30.1. The minimum atomic E-state index is -0.353. The molecule has 33 heavy (non-hydrogen) atoms. The Morgan fingerprint density at radius 2 is 1.85 bits per heavy atom. The molecular formula is C23H31N7O3. The van der Waals surface area contributed by atoms with Crippen molar-refractivity contribution in [1.82, 2.24) is 34.5 Å². The second-order valence-corrected chi connectivity index (χ2v) is 8.16. The lowest BCUT2D eigenvalue weighted by Crippen LogP contribution is -2.46. The van der Waals surface area contributed by atoms with Crippen LogP contribution < -0.4 is 15.6 Å². The summed E-state index contributed by atoms with van der Waals surface area (Å²) in [6.07, 6.45) is 2.33. The molecule has 1 aliphatic heterocycles. The summed E-state index contributed by atoms with van der Waals surface area (Å²) in [5, 5.41) is 11.4. The van der Waals surface area contributed by atoms with Gasteiger partial charge >= 0.3 is 0 Å². The molecule has 10 heteroatoms. The molecule has 1 amide bonds. The van der Waals surface area contributed by atoms with Gasteiger partial charge in [0.05, 0.1) is 12.8 Å². The fraction of sp³-hybridized carbons (Fsp3) is 0.478. The van der Waals surface area contributed by atoms with E-state index in [1.54, 1.807) is 13.2 Å². The number of nitrogens with one attached hydrogen (secondary N) is 1. The van der Waals surface area contributed by atoms with Gasteiger partial charge in [0.25, 0.3) is 5.56 Å². The van der Waals surface area contributed by atoms with Crippen molar-refractivity contribution in [2.45, 2.75) is 19.9 Å². The maximum atomic E-state index is 12.8. The van der Waals surface area contributed by atoms with Gasteiger partial charge in [-0.3, -0.25) is 9.59 Å². The van der Waals surface area contributed by atoms with Gasteiger partial charge < -0.3 is 19.9 Å². The summed E-state index contributed by atoms with van der Waals surface area (Å²) in [6, 6.07) is 9.14. The molecule has 0 aliphatic carbocycles. The van der Waals surface area contributed by atoms with E-state index in [0.717, 1.165) is 57.0 Å². The first kappa shape index (κ1) is 22.9. The predicted octanol–water partition coefficient (Wildman–Crippen LogP) is 0.710. The van der Waals surface area contributed by atoms with Gasteiger partial charge in [-0.2, -0.15) is 10.2 Å². The van der Waals surface area contributed by atoms with Crippen molar-refractivity contribution >= 4 is 11.4 Å². The third-order valence-electron chi connectivity index (χ3n) is 6.05. The monoisotopic (exact) mass is 453 g/mol. The number of piperazine rings is 1. The van der Waals surface area contributed by atoms with Crippen LogP contribution in [-0.2, 0) is 11.3 Å². The number of carbonyl (C=O) groups is 1. The zero-order valence-corrected chi connectivity index (χ0v) is 19.2. The molecule has 3 heterocycles. The van der Waals surface area contributed by atoms with Gasteiger partial charge in [0.15, 0.2) is 0 Å². The minimum Gasteiger partial charge on any atom is -0.497 e. The van der Waals surface area contributed by atoms with Crippen LogP contribution in [0.5, 0.6) is 5.75 Å². The third kappa shape index (κ3) is 5.58. The number of rotatable bonds is 9. The highest BCUT2D eigenvalue weighted by atomic mass is 16.5. The molecule has 1 fully saturated rings. The minimum absolute atomic E-state index is 0.118. The van der Waals surface area contributed by atoms with Gasteiger partial charge in [-0.15, -0.1) is 0 Å². The summed E-state index contributed by atoms with van der Waals surface area (Å²) < 4.78 is 7.79. The molecule has 0 bridgehead atoms. The van der Waals surface area contributed by atoms with Crippen LogP contribution in [0.25, 0.3) is 16.8 Å². The number of methoxy groups -OCH3 is 1. The predicted molar refractivity (Wildman–Crippen MR) is 125 cm³/mol.